The van der Waals surface area contributed by atoms with Crippen molar-refractivity contribution in [1.29, 1.82) is 0 Å². The van der Waals surface area contributed by atoms with E-state index in [4.69, 9.17) is 9.47 Å². The van der Waals surface area contributed by atoms with Gasteiger partial charge >= 0.3 is 0 Å². The van der Waals surface area contributed by atoms with E-state index in [0.29, 0.717) is 37.0 Å². The lowest BCUT2D eigenvalue weighted by Crippen LogP contribution is -2.26. The van der Waals surface area contributed by atoms with Crippen LogP contribution in [0.5, 0.6) is 0 Å². The van der Waals surface area contributed by atoms with Crippen molar-refractivity contribution in [3.63, 3.8) is 0 Å². The van der Waals surface area contributed by atoms with E-state index in [1.807, 2.05) is 32.0 Å². The fraction of sp³-hybridized carbons (Fsp3) is 0.375. The van der Waals surface area contributed by atoms with Crippen LogP contribution in [0.2, 0.25) is 0 Å². The van der Waals surface area contributed by atoms with E-state index in [9.17, 15) is 0 Å². The fourth-order valence-electron chi connectivity index (χ4n) is 2.35. The molecule has 0 amide bonds. The average Bonchev–Trinajstić information content (AvgIpc) is 3.05. The molecule has 0 aliphatic heterocycles. The van der Waals surface area contributed by atoms with E-state index >= 15 is 0 Å². The standard InChI is InChI=1S/C16H20N6O2/c1-3-23-14(24-4-2)10-18-15-12-9-21-22(16(12)20-11-19-15)13-7-5-6-8-17-13/h5-9,11,14H,3-4,10H2,1-2H3,(H,18,19,20). The lowest BCUT2D eigenvalue weighted by Gasteiger charge is -2.17. The van der Waals surface area contributed by atoms with Gasteiger partial charge in [0.05, 0.1) is 18.1 Å². The van der Waals surface area contributed by atoms with Crippen LogP contribution in [-0.4, -0.2) is 50.8 Å². The summed E-state index contributed by atoms with van der Waals surface area (Å²) >= 11 is 0. The molecule has 0 saturated heterocycles. The Bertz CT molecular complexity index is 771. The molecule has 0 spiro atoms. The van der Waals surface area contributed by atoms with Crippen LogP contribution in [0.4, 0.5) is 5.82 Å². The van der Waals surface area contributed by atoms with Gasteiger partial charge in [0.25, 0.3) is 0 Å². The Hall–Kier alpha value is -2.58. The summed E-state index contributed by atoms with van der Waals surface area (Å²) in [5.74, 6) is 1.39. The van der Waals surface area contributed by atoms with Crippen molar-refractivity contribution in [3.8, 4) is 5.82 Å². The average molecular weight is 328 g/mol. The highest BCUT2D eigenvalue weighted by Gasteiger charge is 2.13. The van der Waals surface area contributed by atoms with Gasteiger partial charge in [0.1, 0.15) is 12.1 Å². The molecule has 3 aromatic heterocycles. The predicted octanol–water partition coefficient (Wildman–Crippen LogP) is 2.02. The molecule has 0 saturated carbocycles. The third-order valence-electron chi connectivity index (χ3n) is 3.37. The topological polar surface area (TPSA) is 87.0 Å². The Morgan fingerprint density at radius 3 is 2.67 bits per heavy atom. The molecule has 0 unspecified atom stereocenters. The summed E-state index contributed by atoms with van der Waals surface area (Å²) in [5, 5.41) is 8.44. The smallest absolute Gasteiger partial charge is 0.174 e. The van der Waals surface area contributed by atoms with Gasteiger partial charge in [0, 0.05) is 19.4 Å². The molecule has 0 aliphatic rings. The summed E-state index contributed by atoms with van der Waals surface area (Å²) in [6.45, 7) is 5.53. The zero-order chi connectivity index (χ0) is 16.8. The van der Waals surface area contributed by atoms with E-state index in [1.54, 1.807) is 17.1 Å². The number of hydrogen-bond donors (Lipinski definition) is 1. The summed E-state index contributed by atoms with van der Waals surface area (Å²) < 4.78 is 12.7. The molecule has 3 rings (SSSR count). The normalized spacial score (nSPS) is 11.3. The Morgan fingerprint density at radius 1 is 1.12 bits per heavy atom. The summed E-state index contributed by atoms with van der Waals surface area (Å²) in [6.07, 6.45) is 4.62. The molecule has 8 nitrogen and oxygen atoms in total. The number of nitrogens with one attached hydrogen (secondary N) is 1. The van der Waals surface area contributed by atoms with Crippen LogP contribution >= 0.6 is 0 Å². The van der Waals surface area contributed by atoms with Crippen molar-refractivity contribution >= 4 is 16.9 Å². The summed E-state index contributed by atoms with van der Waals surface area (Å²) in [5.41, 5.74) is 0.690. The summed E-state index contributed by atoms with van der Waals surface area (Å²) in [7, 11) is 0. The van der Waals surface area contributed by atoms with Gasteiger partial charge in [-0.3, -0.25) is 0 Å². The SMILES string of the molecule is CCOC(CNc1ncnc2c1cnn2-c1ccccn1)OCC. The molecular formula is C16H20N6O2. The molecule has 0 fully saturated rings. The molecule has 0 radical (unpaired) electrons. The van der Waals surface area contributed by atoms with E-state index < -0.39 is 0 Å². The first-order chi connectivity index (χ1) is 11.8. The van der Waals surface area contributed by atoms with Crippen LogP contribution in [0, 0.1) is 0 Å². The first kappa shape index (κ1) is 16.3. The molecule has 24 heavy (non-hydrogen) atoms. The maximum atomic E-state index is 5.53. The summed E-state index contributed by atoms with van der Waals surface area (Å²) in [4.78, 5) is 12.9. The van der Waals surface area contributed by atoms with E-state index in [-0.39, 0.29) is 6.29 Å². The van der Waals surface area contributed by atoms with Gasteiger partial charge in [-0.1, -0.05) is 6.07 Å². The van der Waals surface area contributed by atoms with Crippen LogP contribution in [0.15, 0.2) is 36.9 Å². The minimum atomic E-state index is -0.323. The van der Waals surface area contributed by atoms with Crippen molar-refractivity contribution < 1.29 is 9.47 Å². The van der Waals surface area contributed by atoms with Crippen LogP contribution in [0.25, 0.3) is 16.9 Å². The van der Waals surface area contributed by atoms with Crippen LogP contribution in [-0.2, 0) is 9.47 Å². The molecule has 0 bridgehead atoms. The number of fused-ring (bicyclic) bond motifs is 1. The van der Waals surface area contributed by atoms with Crippen LogP contribution < -0.4 is 5.32 Å². The molecular weight excluding hydrogens is 308 g/mol. The second-order valence-corrected chi connectivity index (χ2v) is 4.93. The first-order valence-corrected chi connectivity index (χ1v) is 7.90. The molecule has 0 atom stereocenters. The highest BCUT2D eigenvalue weighted by Crippen LogP contribution is 2.20. The highest BCUT2D eigenvalue weighted by molar-refractivity contribution is 5.86. The number of ether oxygens (including phenoxy) is 2. The molecule has 3 aromatic rings. The number of rotatable bonds is 8. The number of pyridine rings is 1. The monoisotopic (exact) mass is 328 g/mol. The Balaban J connectivity index is 1.84. The lowest BCUT2D eigenvalue weighted by atomic mass is 10.4. The Labute approximate surface area is 139 Å². The van der Waals surface area contributed by atoms with Crippen LogP contribution in [0.3, 0.4) is 0 Å². The van der Waals surface area contributed by atoms with Gasteiger partial charge < -0.3 is 14.8 Å². The maximum Gasteiger partial charge on any atom is 0.174 e. The predicted molar refractivity (Wildman–Crippen MR) is 90.0 cm³/mol. The lowest BCUT2D eigenvalue weighted by molar-refractivity contribution is -0.126. The third-order valence-corrected chi connectivity index (χ3v) is 3.37. The first-order valence-electron chi connectivity index (χ1n) is 7.90. The third kappa shape index (κ3) is 3.50. The maximum absolute atomic E-state index is 5.53. The highest BCUT2D eigenvalue weighted by atomic mass is 16.7. The zero-order valence-electron chi connectivity index (χ0n) is 13.7. The minimum Gasteiger partial charge on any atom is -0.364 e. The van der Waals surface area contributed by atoms with Crippen molar-refractivity contribution in [2.45, 2.75) is 20.1 Å². The Morgan fingerprint density at radius 2 is 1.96 bits per heavy atom. The zero-order valence-corrected chi connectivity index (χ0v) is 13.7. The van der Waals surface area contributed by atoms with Crippen molar-refractivity contribution in [3.05, 3.63) is 36.9 Å². The van der Waals surface area contributed by atoms with Crippen molar-refractivity contribution in [2.24, 2.45) is 0 Å². The molecule has 0 aromatic carbocycles. The number of nitrogens with zero attached hydrogens (tertiary/aromatic N) is 5. The number of aromatic nitrogens is 5. The van der Waals surface area contributed by atoms with Gasteiger partial charge in [0.2, 0.25) is 0 Å². The summed E-state index contributed by atoms with van der Waals surface area (Å²) in [6, 6.07) is 5.64. The second kappa shape index (κ2) is 7.80. The van der Waals surface area contributed by atoms with E-state index in [2.05, 4.69) is 25.4 Å². The molecule has 0 aliphatic carbocycles. The van der Waals surface area contributed by atoms with Crippen molar-refractivity contribution in [1.82, 2.24) is 24.7 Å². The van der Waals surface area contributed by atoms with E-state index in [0.717, 1.165) is 5.39 Å². The number of hydrogen-bond acceptors (Lipinski definition) is 7. The largest absolute Gasteiger partial charge is 0.364 e. The minimum absolute atomic E-state index is 0.323. The molecule has 8 heteroatoms. The van der Waals surface area contributed by atoms with Crippen molar-refractivity contribution in [2.75, 3.05) is 25.1 Å². The van der Waals surface area contributed by atoms with Gasteiger partial charge in [-0.05, 0) is 26.0 Å². The fourth-order valence-corrected chi connectivity index (χ4v) is 2.35. The van der Waals surface area contributed by atoms with E-state index in [1.165, 1.54) is 6.33 Å². The van der Waals surface area contributed by atoms with Gasteiger partial charge in [-0.15, -0.1) is 0 Å². The van der Waals surface area contributed by atoms with Crippen LogP contribution in [0.1, 0.15) is 13.8 Å². The van der Waals surface area contributed by atoms with Gasteiger partial charge in [0.15, 0.2) is 17.8 Å². The molecule has 126 valence electrons. The quantitative estimate of drug-likeness (QED) is 0.633. The second-order valence-electron chi connectivity index (χ2n) is 4.93. The van der Waals surface area contributed by atoms with Gasteiger partial charge in [-0.25, -0.2) is 15.0 Å². The molecule has 3 heterocycles. The Kier molecular flexibility index (Phi) is 5.29. The molecule has 1 N–H and O–H groups in total. The van der Waals surface area contributed by atoms with Gasteiger partial charge in [-0.2, -0.15) is 9.78 Å². The number of anilines is 1.